The van der Waals surface area contributed by atoms with E-state index in [0.29, 0.717) is 40.9 Å². The SMILES string of the molecule is O=C1C(N2CCC(F)(F)CC2)CCN1Cc1c(Cl)cc(OCc2ccccc2)cc1Cl. The lowest BCUT2D eigenvalue weighted by Crippen LogP contribution is -2.48. The summed E-state index contributed by atoms with van der Waals surface area (Å²) in [6.45, 7) is 1.72. The van der Waals surface area contributed by atoms with Crippen LogP contribution in [-0.2, 0) is 17.9 Å². The van der Waals surface area contributed by atoms with Crippen molar-refractivity contribution in [3.05, 3.63) is 63.6 Å². The molecule has 0 bridgehead atoms. The number of hydrogen-bond donors (Lipinski definition) is 0. The average molecular weight is 469 g/mol. The van der Waals surface area contributed by atoms with Gasteiger partial charge in [-0.3, -0.25) is 9.69 Å². The number of nitrogens with zero attached hydrogens (tertiary/aromatic N) is 2. The Hall–Kier alpha value is -1.89. The molecule has 2 aliphatic heterocycles. The summed E-state index contributed by atoms with van der Waals surface area (Å²) in [5.74, 6) is -2.12. The predicted octanol–water partition coefficient (Wildman–Crippen LogP) is 5.40. The summed E-state index contributed by atoms with van der Waals surface area (Å²) in [4.78, 5) is 16.5. The topological polar surface area (TPSA) is 32.8 Å². The normalized spacial score (nSPS) is 21.5. The van der Waals surface area contributed by atoms with E-state index < -0.39 is 5.92 Å². The van der Waals surface area contributed by atoms with E-state index in [2.05, 4.69) is 0 Å². The first-order chi connectivity index (χ1) is 14.8. The fourth-order valence-electron chi connectivity index (χ4n) is 4.13. The monoisotopic (exact) mass is 468 g/mol. The van der Waals surface area contributed by atoms with Crippen LogP contribution in [0.3, 0.4) is 0 Å². The Morgan fingerprint density at radius 2 is 1.68 bits per heavy atom. The molecule has 1 atom stereocenters. The molecule has 1 unspecified atom stereocenters. The van der Waals surface area contributed by atoms with Gasteiger partial charge >= 0.3 is 0 Å². The molecule has 0 spiro atoms. The van der Waals surface area contributed by atoms with E-state index in [1.165, 1.54) is 0 Å². The highest BCUT2D eigenvalue weighted by atomic mass is 35.5. The van der Waals surface area contributed by atoms with Crippen LogP contribution in [0.15, 0.2) is 42.5 Å². The van der Waals surface area contributed by atoms with Gasteiger partial charge in [0.1, 0.15) is 12.4 Å². The molecule has 0 aliphatic carbocycles. The molecule has 2 aromatic rings. The van der Waals surface area contributed by atoms with Gasteiger partial charge in [0, 0.05) is 44.6 Å². The summed E-state index contributed by atoms with van der Waals surface area (Å²) < 4.78 is 32.7. The summed E-state index contributed by atoms with van der Waals surface area (Å²) in [6.07, 6.45) is 0.232. The van der Waals surface area contributed by atoms with Crippen LogP contribution in [0.4, 0.5) is 8.78 Å². The molecule has 4 rings (SSSR count). The number of likely N-dealkylation sites (tertiary alicyclic amines) is 2. The van der Waals surface area contributed by atoms with Crippen LogP contribution < -0.4 is 4.74 Å². The van der Waals surface area contributed by atoms with Gasteiger partial charge in [-0.15, -0.1) is 0 Å². The summed E-state index contributed by atoms with van der Waals surface area (Å²) in [6, 6.07) is 12.8. The Morgan fingerprint density at radius 1 is 1.03 bits per heavy atom. The zero-order valence-electron chi connectivity index (χ0n) is 17.0. The molecule has 0 N–H and O–H groups in total. The first-order valence-electron chi connectivity index (χ1n) is 10.4. The van der Waals surface area contributed by atoms with Gasteiger partial charge in [0.25, 0.3) is 5.92 Å². The summed E-state index contributed by atoms with van der Waals surface area (Å²) in [5.41, 5.74) is 1.69. The third-order valence-electron chi connectivity index (χ3n) is 5.95. The molecule has 2 fully saturated rings. The molecule has 0 radical (unpaired) electrons. The Kier molecular flexibility index (Phi) is 6.70. The van der Waals surface area contributed by atoms with Gasteiger partial charge in [0.15, 0.2) is 0 Å². The third kappa shape index (κ3) is 5.30. The fraction of sp³-hybridized carbons (Fsp3) is 0.435. The smallest absolute Gasteiger partial charge is 0.250 e. The second-order valence-electron chi connectivity index (χ2n) is 8.10. The van der Waals surface area contributed by atoms with Crippen molar-refractivity contribution in [2.24, 2.45) is 0 Å². The van der Waals surface area contributed by atoms with E-state index in [0.717, 1.165) is 5.56 Å². The number of rotatable bonds is 6. The molecule has 2 aromatic carbocycles. The van der Waals surface area contributed by atoms with Crippen molar-refractivity contribution in [3.8, 4) is 5.75 Å². The number of amides is 1. The lowest BCUT2D eigenvalue weighted by molar-refractivity contribution is -0.135. The predicted molar refractivity (Wildman–Crippen MR) is 117 cm³/mol. The standard InChI is InChI=1S/C23H24Cl2F2N2O2/c24-19-12-17(31-15-16-4-2-1-3-5-16)13-20(25)18(19)14-29-9-6-21(22(29)30)28-10-7-23(26,27)8-11-28/h1-5,12-13,21H,6-11,14-15H2. The number of carbonyl (C=O) groups is 1. The van der Waals surface area contributed by atoms with E-state index in [1.54, 1.807) is 17.0 Å². The highest BCUT2D eigenvalue weighted by Crippen LogP contribution is 2.34. The van der Waals surface area contributed by atoms with Gasteiger partial charge in [-0.2, -0.15) is 0 Å². The Morgan fingerprint density at radius 3 is 2.32 bits per heavy atom. The van der Waals surface area contributed by atoms with Crippen LogP contribution in [0.25, 0.3) is 0 Å². The molecule has 0 saturated carbocycles. The minimum absolute atomic E-state index is 0.0539. The lowest BCUT2D eigenvalue weighted by Gasteiger charge is -2.34. The minimum atomic E-state index is -2.62. The maximum absolute atomic E-state index is 13.4. The molecular formula is C23H24Cl2F2N2O2. The second-order valence-corrected chi connectivity index (χ2v) is 8.91. The largest absolute Gasteiger partial charge is 0.489 e. The quantitative estimate of drug-likeness (QED) is 0.568. The fourth-order valence-corrected chi connectivity index (χ4v) is 4.71. The van der Waals surface area contributed by atoms with E-state index in [4.69, 9.17) is 27.9 Å². The van der Waals surface area contributed by atoms with Crippen molar-refractivity contribution in [2.45, 2.75) is 44.4 Å². The molecule has 31 heavy (non-hydrogen) atoms. The van der Waals surface area contributed by atoms with Crippen LogP contribution in [-0.4, -0.2) is 47.3 Å². The summed E-state index contributed by atoms with van der Waals surface area (Å²) in [7, 11) is 0. The van der Waals surface area contributed by atoms with Crippen LogP contribution in [0, 0.1) is 0 Å². The average Bonchev–Trinajstić information content (AvgIpc) is 3.10. The molecule has 2 heterocycles. The first-order valence-corrected chi connectivity index (χ1v) is 11.1. The molecule has 0 aromatic heterocycles. The molecular weight excluding hydrogens is 445 g/mol. The van der Waals surface area contributed by atoms with Gasteiger partial charge < -0.3 is 9.64 Å². The van der Waals surface area contributed by atoms with E-state index in [9.17, 15) is 13.6 Å². The van der Waals surface area contributed by atoms with Crippen molar-refractivity contribution in [1.29, 1.82) is 0 Å². The van der Waals surface area contributed by atoms with E-state index in [-0.39, 0.29) is 44.4 Å². The van der Waals surface area contributed by atoms with Crippen molar-refractivity contribution >= 4 is 29.1 Å². The van der Waals surface area contributed by atoms with Crippen LogP contribution >= 0.6 is 23.2 Å². The molecule has 2 aliphatic rings. The minimum Gasteiger partial charge on any atom is -0.489 e. The van der Waals surface area contributed by atoms with Crippen molar-refractivity contribution in [3.63, 3.8) is 0 Å². The van der Waals surface area contributed by atoms with Gasteiger partial charge in [0.05, 0.1) is 16.1 Å². The van der Waals surface area contributed by atoms with Crippen LogP contribution in [0.2, 0.25) is 10.0 Å². The number of piperidine rings is 1. The zero-order valence-corrected chi connectivity index (χ0v) is 18.5. The Balaban J connectivity index is 1.38. The molecule has 166 valence electrons. The van der Waals surface area contributed by atoms with Crippen molar-refractivity contribution in [2.75, 3.05) is 19.6 Å². The highest BCUT2D eigenvalue weighted by Gasteiger charge is 2.41. The Bertz CT molecular complexity index is 909. The maximum atomic E-state index is 13.4. The van der Waals surface area contributed by atoms with Gasteiger partial charge in [-0.25, -0.2) is 8.78 Å². The number of carbonyl (C=O) groups excluding carboxylic acids is 1. The third-order valence-corrected chi connectivity index (χ3v) is 6.63. The molecule has 4 nitrogen and oxygen atoms in total. The van der Waals surface area contributed by atoms with Gasteiger partial charge in [0.2, 0.25) is 5.91 Å². The highest BCUT2D eigenvalue weighted by molar-refractivity contribution is 6.36. The van der Waals surface area contributed by atoms with Crippen LogP contribution in [0.1, 0.15) is 30.4 Å². The summed E-state index contributed by atoms with van der Waals surface area (Å²) in [5, 5.41) is 0.869. The number of hydrogen-bond acceptors (Lipinski definition) is 3. The number of halogens is 4. The van der Waals surface area contributed by atoms with Crippen molar-refractivity contribution in [1.82, 2.24) is 9.80 Å². The van der Waals surface area contributed by atoms with Gasteiger partial charge in [-0.1, -0.05) is 53.5 Å². The second kappa shape index (κ2) is 9.31. The van der Waals surface area contributed by atoms with Gasteiger partial charge in [-0.05, 0) is 24.1 Å². The first kappa shape index (κ1) is 22.3. The Labute approximate surface area is 190 Å². The van der Waals surface area contributed by atoms with E-state index in [1.807, 2.05) is 35.2 Å². The lowest BCUT2D eigenvalue weighted by atomic mass is 10.0. The van der Waals surface area contributed by atoms with E-state index >= 15 is 0 Å². The molecule has 8 heteroatoms. The maximum Gasteiger partial charge on any atom is 0.250 e. The van der Waals surface area contributed by atoms with Crippen LogP contribution in [0.5, 0.6) is 5.75 Å². The number of alkyl halides is 2. The number of benzene rings is 2. The molecule has 2 saturated heterocycles. The van der Waals surface area contributed by atoms with Crippen molar-refractivity contribution < 1.29 is 18.3 Å². The molecule has 1 amide bonds. The number of ether oxygens (including phenoxy) is 1. The summed E-state index contributed by atoms with van der Waals surface area (Å²) >= 11 is 12.9. The zero-order chi connectivity index (χ0) is 22.0.